The van der Waals surface area contributed by atoms with Gasteiger partial charge in [0.15, 0.2) is 0 Å². The zero-order valence-electron chi connectivity index (χ0n) is 14.2. The Morgan fingerprint density at radius 2 is 2.04 bits per heavy atom. The minimum absolute atomic E-state index is 0.216. The molecule has 0 fully saturated rings. The topological polar surface area (TPSA) is 50.9 Å². The van der Waals surface area contributed by atoms with E-state index in [2.05, 4.69) is 52.0 Å². The predicted octanol–water partition coefficient (Wildman–Crippen LogP) is 4.74. The first-order valence-electron chi connectivity index (χ1n) is 7.88. The normalized spacial score (nSPS) is 15.3. The molecule has 6 heteroatoms. The standard InChI is InChI=1S/C18H23BrClN3O/c1-13(20)4-9-16(23-12-21-11-22-23)17(24)18(2,3)10-14-5-7-15(19)8-6-14/h4-8,11-12,16-17,24H,9-10H2,1-3H3/b13-4-. The van der Waals surface area contributed by atoms with E-state index in [0.717, 1.165) is 10.9 Å². The van der Waals surface area contributed by atoms with Gasteiger partial charge in [0.25, 0.3) is 0 Å². The third kappa shape index (κ3) is 5.16. The van der Waals surface area contributed by atoms with E-state index in [1.165, 1.54) is 11.9 Å². The van der Waals surface area contributed by atoms with Gasteiger partial charge in [0.05, 0.1) is 12.1 Å². The summed E-state index contributed by atoms with van der Waals surface area (Å²) >= 11 is 9.43. The van der Waals surface area contributed by atoms with Crippen molar-refractivity contribution in [2.75, 3.05) is 0 Å². The first-order chi connectivity index (χ1) is 11.3. The summed E-state index contributed by atoms with van der Waals surface area (Å²) in [6.45, 7) is 5.97. The van der Waals surface area contributed by atoms with Crippen LogP contribution in [-0.4, -0.2) is 26.0 Å². The Morgan fingerprint density at radius 3 is 2.58 bits per heavy atom. The van der Waals surface area contributed by atoms with Crippen molar-refractivity contribution < 1.29 is 5.11 Å². The van der Waals surface area contributed by atoms with Crippen LogP contribution in [0.3, 0.4) is 0 Å². The van der Waals surface area contributed by atoms with E-state index >= 15 is 0 Å². The molecule has 2 unspecified atom stereocenters. The van der Waals surface area contributed by atoms with Crippen LogP contribution in [-0.2, 0) is 6.42 Å². The molecule has 0 saturated carbocycles. The Kier molecular flexibility index (Phi) is 6.61. The van der Waals surface area contributed by atoms with Crippen molar-refractivity contribution in [3.8, 4) is 0 Å². The summed E-state index contributed by atoms with van der Waals surface area (Å²) in [7, 11) is 0. The van der Waals surface area contributed by atoms with Crippen LogP contribution in [0.1, 0.15) is 38.8 Å². The molecule has 0 radical (unpaired) electrons. The Bertz CT molecular complexity index is 664. The molecule has 0 bridgehead atoms. The van der Waals surface area contributed by atoms with Crippen LogP contribution in [0.2, 0.25) is 0 Å². The van der Waals surface area contributed by atoms with Crippen molar-refractivity contribution in [3.63, 3.8) is 0 Å². The van der Waals surface area contributed by atoms with E-state index in [1.54, 1.807) is 11.0 Å². The van der Waals surface area contributed by atoms with Gasteiger partial charge in [0.2, 0.25) is 0 Å². The second-order valence-corrected chi connectivity index (χ2v) is 8.22. The molecule has 0 spiro atoms. The minimum Gasteiger partial charge on any atom is -0.390 e. The van der Waals surface area contributed by atoms with Crippen LogP contribution in [0, 0.1) is 5.41 Å². The monoisotopic (exact) mass is 411 g/mol. The lowest BCUT2D eigenvalue weighted by Crippen LogP contribution is -2.39. The molecule has 1 heterocycles. The van der Waals surface area contributed by atoms with Gasteiger partial charge in [-0.15, -0.1) is 0 Å². The second-order valence-electron chi connectivity index (χ2n) is 6.71. The van der Waals surface area contributed by atoms with E-state index in [9.17, 15) is 5.11 Å². The maximum atomic E-state index is 11.1. The first-order valence-corrected chi connectivity index (χ1v) is 9.05. The second kappa shape index (κ2) is 8.28. The van der Waals surface area contributed by atoms with Crippen LogP contribution in [0.25, 0.3) is 0 Å². The summed E-state index contributed by atoms with van der Waals surface area (Å²) in [6.07, 6.45) is 5.79. The summed E-state index contributed by atoms with van der Waals surface area (Å²) in [4.78, 5) is 4.01. The molecule has 0 amide bonds. The molecule has 0 saturated heterocycles. The molecule has 2 rings (SSSR count). The lowest BCUT2D eigenvalue weighted by atomic mass is 9.77. The van der Waals surface area contributed by atoms with Crippen molar-refractivity contribution in [1.82, 2.24) is 14.8 Å². The number of allylic oxidation sites excluding steroid dienone is 2. The third-order valence-corrected chi connectivity index (χ3v) is 4.84. The van der Waals surface area contributed by atoms with Crippen molar-refractivity contribution in [1.29, 1.82) is 0 Å². The molecule has 24 heavy (non-hydrogen) atoms. The molecule has 1 N–H and O–H groups in total. The minimum atomic E-state index is -0.602. The third-order valence-electron chi connectivity index (χ3n) is 4.16. The fourth-order valence-corrected chi connectivity index (χ4v) is 3.16. The highest BCUT2D eigenvalue weighted by Crippen LogP contribution is 2.34. The smallest absolute Gasteiger partial charge is 0.137 e. The SMILES string of the molecule is C/C(Cl)=C/CC(C(O)C(C)(C)Cc1ccc(Br)cc1)n1cncn1. The molecule has 0 aliphatic heterocycles. The van der Waals surface area contributed by atoms with Crippen LogP contribution in [0.15, 0.2) is 52.5 Å². The Hall–Kier alpha value is -1.17. The summed E-state index contributed by atoms with van der Waals surface area (Å²) in [6, 6.07) is 7.97. The number of nitrogens with zero attached hydrogens (tertiary/aromatic N) is 3. The lowest BCUT2D eigenvalue weighted by Gasteiger charge is -2.36. The number of benzene rings is 1. The molecule has 1 aromatic heterocycles. The number of aliphatic hydroxyl groups excluding tert-OH is 1. The highest BCUT2D eigenvalue weighted by atomic mass is 79.9. The summed E-state index contributed by atoms with van der Waals surface area (Å²) in [5, 5.41) is 16.0. The van der Waals surface area contributed by atoms with E-state index < -0.39 is 6.10 Å². The molecule has 1 aromatic carbocycles. The van der Waals surface area contributed by atoms with Crippen LogP contribution >= 0.6 is 27.5 Å². The van der Waals surface area contributed by atoms with Crippen molar-refractivity contribution >= 4 is 27.5 Å². The zero-order chi connectivity index (χ0) is 17.7. The molecule has 2 aromatic rings. The average molecular weight is 413 g/mol. The molecule has 4 nitrogen and oxygen atoms in total. The summed E-state index contributed by atoms with van der Waals surface area (Å²) < 4.78 is 2.76. The average Bonchev–Trinajstić information content (AvgIpc) is 3.03. The van der Waals surface area contributed by atoms with E-state index in [4.69, 9.17) is 11.6 Å². The Balaban J connectivity index is 2.21. The van der Waals surface area contributed by atoms with Crippen LogP contribution in [0.5, 0.6) is 0 Å². The van der Waals surface area contributed by atoms with Gasteiger partial charge in [0, 0.05) is 9.51 Å². The molecule has 130 valence electrons. The van der Waals surface area contributed by atoms with Crippen LogP contribution < -0.4 is 0 Å². The maximum Gasteiger partial charge on any atom is 0.137 e. The Labute approximate surface area is 156 Å². The zero-order valence-corrected chi connectivity index (χ0v) is 16.5. The predicted molar refractivity (Wildman–Crippen MR) is 101 cm³/mol. The van der Waals surface area contributed by atoms with Gasteiger partial charge in [0.1, 0.15) is 12.7 Å². The molecular formula is C18H23BrClN3O. The van der Waals surface area contributed by atoms with Crippen molar-refractivity contribution in [2.24, 2.45) is 5.41 Å². The maximum absolute atomic E-state index is 11.1. The number of rotatable bonds is 7. The quantitative estimate of drug-likeness (QED) is 0.714. The fourth-order valence-electron chi connectivity index (χ4n) is 2.81. The number of aliphatic hydroxyl groups is 1. The summed E-state index contributed by atoms with van der Waals surface area (Å²) in [5.74, 6) is 0. The molecule has 0 aliphatic rings. The summed E-state index contributed by atoms with van der Waals surface area (Å²) in [5.41, 5.74) is 0.849. The van der Waals surface area contributed by atoms with Crippen LogP contribution in [0.4, 0.5) is 0 Å². The number of aromatic nitrogens is 3. The lowest BCUT2D eigenvalue weighted by molar-refractivity contribution is 0.00301. The van der Waals surface area contributed by atoms with E-state index in [0.29, 0.717) is 11.5 Å². The van der Waals surface area contributed by atoms with Gasteiger partial charge < -0.3 is 5.11 Å². The van der Waals surface area contributed by atoms with Gasteiger partial charge in [-0.25, -0.2) is 9.67 Å². The number of hydrogen-bond donors (Lipinski definition) is 1. The number of hydrogen-bond acceptors (Lipinski definition) is 3. The fraction of sp³-hybridized carbons (Fsp3) is 0.444. The van der Waals surface area contributed by atoms with Gasteiger partial charge in [-0.2, -0.15) is 5.10 Å². The van der Waals surface area contributed by atoms with E-state index in [-0.39, 0.29) is 11.5 Å². The molecule has 0 aliphatic carbocycles. The highest BCUT2D eigenvalue weighted by molar-refractivity contribution is 9.10. The highest BCUT2D eigenvalue weighted by Gasteiger charge is 2.35. The first kappa shape index (κ1) is 19.2. The molecular weight excluding hydrogens is 390 g/mol. The van der Waals surface area contributed by atoms with Gasteiger partial charge >= 0.3 is 0 Å². The van der Waals surface area contributed by atoms with Gasteiger partial charge in [-0.3, -0.25) is 0 Å². The van der Waals surface area contributed by atoms with Crippen molar-refractivity contribution in [2.45, 2.75) is 45.8 Å². The Morgan fingerprint density at radius 1 is 1.38 bits per heavy atom. The van der Waals surface area contributed by atoms with E-state index in [1.807, 2.05) is 25.1 Å². The van der Waals surface area contributed by atoms with Crippen molar-refractivity contribution in [3.05, 3.63) is 58.1 Å². The van der Waals surface area contributed by atoms with Gasteiger partial charge in [-0.1, -0.05) is 59.6 Å². The molecule has 2 atom stereocenters. The number of halogens is 2. The van der Waals surface area contributed by atoms with Gasteiger partial charge in [-0.05, 0) is 42.9 Å². The largest absolute Gasteiger partial charge is 0.390 e.